The first kappa shape index (κ1) is 21.3. The molecular weight excluding hydrogens is 386 g/mol. The summed E-state index contributed by atoms with van der Waals surface area (Å²) in [4.78, 5) is 12.1. The van der Waals surface area contributed by atoms with E-state index in [1.165, 1.54) is 11.8 Å². The van der Waals surface area contributed by atoms with E-state index in [1.807, 2.05) is 26.0 Å². The zero-order chi connectivity index (χ0) is 19.5. The molecule has 27 heavy (non-hydrogen) atoms. The van der Waals surface area contributed by atoms with Gasteiger partial charge in [-0.2, -0.15) is 0 Å². The Morgan fingerprint density at radius 2 is 1.81 bits per heavy atom. The number of nitrogens with one attached hydrogen (secondary N) is 1. The van der Waals surface area contributed by atoms with Crippen molar-refractivity contribution in [3.8, 4) is 17.2 Å². The molecule has 0 saturated heterocycles. The Kier molecular flexibility index (Phi) is 9.15. The van der Waals surface area contributed by atoms with Crippen LogP contribution >= 0.6 is 23.4 Å². The lowest BCUT2D eigenvalue weighted by molar-refractivity contribution is -0.113. The van der Waals surface area contributed by atoms with E-state index in [4.69, 9.17) is 25.8 Å². The molecule has 0 unspecified atom stereocenters. The van der Waals surface area contributed by atoms with Crippen molar-refractivity contribution >= 4 is 35.0 Å². The van der Waals surface area contributed by atoms with E-state index < -0.39 is 0 Å². The van der Waals surface area contributed by atoms with Crippen LogP contribution in [0.5, 0.6) is 17.2 Å². The number of hydrogen-bond acceptors (Lipinski definition) is 5. The van der Waals surface area contributed by atoms with Gasteiger partial charge < -0.3 is 19.5 Å². The third-order valence-corrected chi connectivity index (χ3v) is 4.51. The fourth-order valence-electron chi connectivity index (χ4n) is 2.27. The second-order valence-electron chi connectivity index (χ2n) is 5.43. The molecular formula is C20H24ClNO4S. The van der Waals surface area contributed by atoms with Gasteiger partial charge in [0.05, 0.1) is 25.6 Å². The highest BCUT2D eigenvalue weighted by atomic mass is 35.5. The molecule has 1 amide bonds. The monoisotopic (exact) mass is 409 g/mol. The van der Waals surface area contributed by atoms with Gasteiger partial charge in [0.2, 0.25) is 5.91 Å². The Bertz CT molecular complexity index is 742. The second-order valence-corrected chi connectivity index (χ2v) is 6.98. The highest BCUT2D eigenvalue weighted by molar-refractivity contribution is 7.99. The first-order valence-electron chi connectivity index (χ1n) is 8.78. The van der Waals surface area contributed by atoms with Gasteiger partial charge in [0, 0.05) is 22.5 Å². The molecule has 7 heteroatoms. The molecule has 0 heterocycles. The lowest BCUT2D eigenvalue weighted by Gasteiger charge is -2.13. The Labute approximate surface area is 169 Å². The summed E-state index contributed by atoms with van der Waals surface area (Å²) in [5.74, 6) is 2.99. The smallest absolute Gasteiger partial charge is 0.234 e. The van der Waals surface area contributed by atoms with Crippen LogP contribution in [0, 0.1) is 0 Å². The van der Waals surface area contributed by atoms with E-state index in [0.717, 1.165) is 5.75 Å². The van der Waals surface area contributed by atoms with Crippen molar-refractivity contribution < 1.29 is 19.0 Å². The van der Waals surface area contributed by atoms with E-state index >= 15 is 0 Å². The molecule has 0 aliphatic heterocycles. The van der Waals surface area contributed by atoms with Crippen molar-refractivity contribution in [2.75, 3.05) is 36.6 Å². The number of carbonyl (C=O) groups is 1. The Balaban J connectivity index is 1.74. The number of benzene rings is 2. The van der Waals surface area contributed by atoms with Crippen molar-refractivity contribution in [2.24, 2.45) is 0 Å². The van der Waals surface area contributed by atoms with Crippen LogP contribution in [0.1, 0.15) is 13.8 Å². The van der Waals surface area contributed by atoms with E-state index in [2.05, 4.69) is 5.32 Å². The van der Waals surface area contributed by atoms with Crippen molar-refractivity contribution in [3.05, 3.63) is 47.5 Å². The van der Waals surface area contributed by atoms with Gasteiger partial charge in [-0.15, -0.1) is 11.8 Å². The molecule has 0 radical (unpaired) electrons. The van der Waals surface area contributed by atoms with Crippen molar-refractivity contribution in [3.63, 3.8) is 0 Å². The molecule has 1 N–H and O–H groups in total. The Morgan fingerprint density at radius 3 is 2.56 bits per heavy atom. The van der Waals surface area contributed by atoms with Gasteiger partial charge >= 0.3 is 0 Å². The summed E-state index contributed by atoms with van der Waals surface area (Å²) < 4.78 is 16.7. The maximum absolute atomic E-state index is 12.1. The summed E-state index contributed by atoms with van der Waals surface area (Å²) in [7, 11) is 0. The molecule has 0 bridgehead atoms. The van der Waals surface area contributed by atoms with Crippen LogP contribution in [0.4, 0.5) is 5.69 Å². The number of amides is 1. The topological polar surface area (TPSA) is 56.8 Å². The minimum atomic E-state index is -0.0747. The van der Waals surface area contributed by atoms with Crippen LogP contribution in [0.25, 0.3) is 0 Å². The fraction of sp³-hybridized carbons (Fsp3) is 0.350. The summed E-state index contributed by atoms with van der Waals surface area (Å²) in [6.07, 6.45) is 0. The zero-order valence-electron chi connectivity index (χ0n) is 15.5. The number of halogens is 1. The molecule has 2 aromatic rings. The molecule has 2 rings (SSSR count). The maximum Gasteiger partial charge on any atom is 0.234 e. The highest BCUT2D eigenvalue weighted by Crippen LogP contribution is 2.30. The van der Waals surface area contributed by atoms with Gasteiger partial charge in [-0.1, -0.05) is 17.7 Å². The first-order chi connectivity index (χ1) is 13.1. The summed E-state index contributed by atoms with van der Waals surface area (Å²) in [5.41, 5.74) is 0.683. The zero-order valence-corrected chi connectivity index (χ0v) is 17.1. The van der Waals surface area contributed by atoms with Crippen molar-refractivity contribution in [1.82, 2.24) is 0 Å². The van der Waals surface area contributed by atoms with Crippen LogP contribution in [-0.2, 0) is 4.79 Å². The molecule has 2 aromatic carbocycles. The standard InChI is InChI=1S/C20H24ClNO4S/c1-3-24-18-9-8-16(13-19(18)25-4-2)22-20(23)14-27-11-10-26-17-7-5-6-15(21)12-17/h5-9,12-13H,3-4,10-11,14H2,1-2H3,(H,22,23). The molecule has 0 aliphatic carbocycles. The minimum Gasteiger partial charge on any atom is -0.493 e. The van der Waals surface area contributed by atoms with Gasteiger partial charge in [0.1, 0.15) is 5.75 Å². The Morgan fingerprint density at radius 1 is 1.04 bits per heavy atom. The van der Waals surface area contributed by atoms with Gasteiger partial charge in [0.15, 0.2) is 11.5 Å². The molecule has 0 aliphatic rings. The van der Waals surface area contributed by atoms with Gasteiger partial charge in [0.25, 0.3) is 0 Å². The van der Waals surface area contributed by atoms with Gasteiger partial charge in [-0.25, -0.2) is 0 Å². The summed E-state index contributed by atoms with van der Waals surface area (Å²) in [6, 6.07) is 12.6. The van der Waals surface area contributed by atoms with E-state index in [0.29, 0.717) is 53.5 Å². The molecule has 0 atom stereocenters. The number of ether oxygens (including phenoxy) is 3. The quantitative estimate of drug-likeness (QED) is 0.535. The molecule has 5 nitrogen and oxygen atoms in total. The molecule has 0 fully saturated rings. The van der Waals surface area contributed by atoms with Crippen LogP contribution in [0.2, 0.25) is 5.02 Å². The summed E-state index contributed by atoms with van der Waals surface area (Å²) in [5, 5.41) is 3.51. The third kappa shape index (κ3) is 7.61. The predicted molar refractivity (Wildman–Crippen MR) is 112 cm³/mol. The van der Waals surface area contributed by atoms with E-state index in [-0.39, 0.29) is 5.91 Å². The van der Waals surface area contributed by atoms with Crippen LogP contribution < -0.4 is 19.5 Å². The summed E-state index contributed by atoms with van der Waals surface area (Å²) >= 11 is 7.41. The Hall–Kier alpha value is -2.05. The average molecular weight is 410 g/mol. The number of thioether (sulfide) groups is 1. The van der Waals surface area contributed by atoms with Crippen molar-refractivity contribution in [1.29, 1.82) is 0 Å². The lowest BCUT2D eigenvalue weighted by Crippen LogP contribution is -2.15. The number of hydrogen-bond donors (Lipinski definition) is 1. The average Bonchev–Trinajstić information content (AvgIpc) is 2.64. The lowest BCUT2D eigenvalue weighted by atomic mass is 10.2. The van der Waals surface area contributed by atoms with Crippen LogP contribution in [0.15, 0.2) is 42.5 Å². The predicted octanol–water partition coefficient (Wildman–Crippen LogP) is 4.89. The van der Waals surface area contributed by atoms with Crippen LogP contribution in [-0.4, -0.2) is 37.2 Å². The minimum absolute atomic E-state index is 0.0747. The molecule has 0 saturated carbocycles. The van der Waals surface area contributed by atoms with E-state index in [9.17, 15) is 4.79 Å². The van der Waals surface area contributed by atoms with Gasteiger partial charge in [-0.3, -0.25) is 4.79 Å². The number of carbonyl (C=O) groups excluding carboxylic acids is 1. The van der Waals surface area contributed by atoms with Crippen molar-refractivity contribution in [2.45, 2.75) is 13.8 Å². The fourth-order valence-corrected chi connectivity index (χ4v) is 3.05. The van der Waals surface area contributed by atoms with Gasteiger partial charge in [-0.05, 0) is 44.2 Å². The summed E-state index contributed by atoms with van der Waals surface area (Å²) in [6.45, 7) is 5.41. The normalized spacial score (nSPS) is 10.3. The first-order valence-corrected chi connectivity index (χ1v) is 10.3. The number of rotatable bonds is 11. The number of anilines is 1. The molecule has 0 aromatic heterocycles. The largest absolute Gasteiger partial charge is 0.493 e. The van der Waals surface area contributed by atoms with Crippen LogP contribution in [0.3, 0.4) is 0 Å². The molecule has 146 valence electrons. The maximum atomic E-state index is 12.1. The SMILES string of the molecule is CCOc1ccc(NC(=O)CSCCOc2cccc(Cl)c2)cc1OCC. The third-order valence-electron chi connectivity index (χ3n) is 3.35. The molecule has 0 spiro atoms. The second kappa shape index (κ2) is 11.6. The van der Waals surface area contributed by atoms with E-state index in [1.54, 1.807) is 30.3 Å². The highest BCUT2D eigenvalue weighted by Gasteiger charge is 2.09.